The minimum Gasteiger partial charge on any atom is -0.379 e. The summed E-state index contributed by atoms with van der Waals surface area (Å²) in [6, 6.07) is 7.12. The monoisotopic (exact) mass is 530 g/mol. The first-order valence-electron chi connectivity index (χ1n) is 13.2. The average Bonchev–Trinajstić information content (AvgIpc) is 3.34. The number of anilines is 1. The Morgan fingerprint density at radius 2 is 2.05 bits per heavy atom. The van der Waals surface area contributed by atoms with Crippen LogP contribution >= 0.6 is 0 Å². The Kier molecular flexibility index (Phi) is 7.90. The zero-order valence-corrected chi connectivity index (χ0v) is 22.3. The lowest BCUT2D eigenvalue weighted by atomic mass is 9.90. The van der Waals surface area contributed by atoms with E-state index in [1.165, 1.54) is 0 Å². The van der Waals surface area contributed by atoms with Crippen molar-refractivity contribution in [2.75, 3.05) is 57.4 Å². The highest BCUT2D eigenvalue weighted by Crippen LogP contribution is 2.38. The minimum absolute atomic E-state index is 0.132. The summed E-state index contributed by atoms with van der Waals surface area (Å²) in [5.41, 5.74) is 9.45. The number of nitrogens with zero attached hydrogens (tertiary/aromatic N) is 7. The molecule has 1 amide bonds. The summed E-state index contributed by atoms with van der Waals surface area (Å²) in [6.45, 7) is 9.64. The Morgan fingerprint density at radius 1 is 1.26 bits per heavy atom. The molecule has 2 aromatic heterocycles. The second-order valence-electron chi connectivity index (χ2n) is 9.83. The van der Waals surface area contributed by atoms with Gasteiger partial charge in [-0.1, -0.05) is 18.2 Å². The topological polar surface area (TPSA) is 152 Å². The number of nitrogens with one attached hydrogen (secondary N) is 2. The molecule has 0 bridgehead atoms. The van der Waals surface area contributed by atoms with Crippen molar-refractivity contribution in [2.45, 2.75) is 25.9 Å². The fourth-order valence-corrected chi connectivity index (χ4v) is 5.62. The summed E-state index contributed by atoms with van der Waals surface area (Å²) >= 11 is 0. The molecular weight excluding hydrogens is 496 g/mol. The van der Waals surface area contributed by atoms with Crippen LogP contribution in [-0.2, 0) is 4.74 Å². The molecule has 5 rings (SSSR count). The van der Waals surface area contributed by atoms with Crippen molar-refractivity contribution in [3.63, 3.8) is 0 Å². The number of benzene rings is 1. The number of carbonyl (C=O) groups is 1. The molecule has 1 unspecified atom stereocenters. The van der Waals surface area contributed by atoms with E-state index in [0.717, 1.165) is 60.8 Å². The van der Waals surface area contributed by atoms with Gasteiger partial charge in [0.2, 0.25) is 12.2 Å². The third kappa shape index (κ3) is 5.36. The van der Waals surface area contributed by atoms with Crippen molar-refractivity contribution in [1.82, 2.24) is 30.1 Å². The summed E-state index contributed by atoms with van der Waals surface area (Å²) in [7, 11) is 0. The van der Waals surface area contributed by atoms with E-state index in [-0.39, 0.29) is 24.0 Å². The molecule has 4 heterocycles. The summed E-state index contributed by atoms with van der Waals surface area (Å²) in [5, 5.41) is 13.2. The number of hydrogen-bond donors (Lipinski definition) is 3. The second-order valence-corrected chi connectivity index (χ2v) is 9.83. The van der Waals surface area contributed by atoms with Gasteiger partial charge in [-0.2, -0.15) is 5.26 Å². The molecule has 0 aliphatic carbocycles. The highest BCUT2D eigenvalue weighted by Gasteiger charge is 2.39. The highest BCUT2D eigenvalue weighted by molar-refractivity contribution is 5.96. The summed E-state index contributed by atoms with van der Waals surface area (Å²) in [4.78, 5) is 36.1. The molecular formula is C27H34N10O2. The number of aromatic nitrogens is 3. The molecule has 0 saturated carbocycles. The van der Waals surface area contributed by atoms with Gasteiger partial charge < -0.3 is 30.6 Å². The van der Waals surface area contributed by atoms with E-state index in [1.807, 2.05) is 49.2 Å². The molecule has 1 aromatic carbocycles. The number of aromatic amines is 1. The second kappa shape index (κ2) is 11.7. The number of morpholine rings is 1. The summed E-state index contributed by atoms with van der Waals surface area (Å²) in [6.07, 6.45) is 5.27. The van der Waals surface area contributed by atoms with E-state index in [0.29, 0.717) is 25.2 Å². The third-order valence-corrected chi connectivity index (χ3v) is 7.59. The van der Waals surface area contributed by atoms with Crippen LogP contribution in [0.15, 0.2) is 41.8 Å². The van der Waals surface area contributed by atoms with Gasteiger partial charge in [0, 0.05) is 51.0 Å². The molecule has 4 N–H and O–H groups in total. The Hall–Kier alpha value is -4.21. The fourth-order valence-electron chi connectivity index (χ4n) is 5.62. The van der Waals surface area contributed by atoms with Crippen LogP contribution < -0.4 is 16.0 Å². The van der Waals surface area contributed by atoms with Crippen molar-refractivity contribution in [3.8, 4) is 6.19 Å². The Labute approximate surface area is 227 Å². The van der Waals surface area contributed by atoms with Gasteiger partial charge in [0.25, 0.3) is 5.91 Å². The van der Waals surface area contributed by atoms with Crippen molar-refractivity contribution >= 4 is 28.7 Å². The lowest BCUT2D eigenvalue weighted by Crippen LogP contribution is -2.58. The number of ether oxygens (including phenoxy) is 1. The lowest BCUT2D eigenvalue weighted by molar-refractivity contribution is 0.0383. The van der Waals surface area contributed by atoms with Gasteiger partial charge in [-0.15, -0.1) is 4.99 Å². The first kappa shape index (κ1) is 26.4. The number of carbonyl (C=O) groups excluding carboxylic acids is 1. The molecule has 0 radical (unpaired) electrons. The van der Waals surface area contributed by atoms with Gasteiger partial charge in [-0.05, 0) is 31.0 Å². The third-order valence-electron chi connectivity index (χ3n) is 7.59. The smallest absolute Gasteiger partial charge is 0.251 e. The number of nitriles is 1. The minimum atomic E-state index is -0.306. The van der Waals surface area contributed by atoms with Crippen molar-refractivity contribution in [3.05, 3.63) is 53.5 Å². The fraction of sp³-hybridized carbons (Fsp3) is 0.444. The van der Waals surface area contributed by atoms with Crippen LogP contribution in [0, 0.1) is 18.4 Å². The highest BCUT2D eigenvalue weighted by atomic mass is 16.5. The molecule has 39 heavy (non-hydrogen) atoms. The van der Waals surface area contributed by atoms with Crippen LogP contribution in [0.25, 0.3) is 11.0 Å². The molecule has 3 aromatic rings. The Balaban J connectivity index is 1.50. The van der Waals surface area contributed by atoms with Crippen molar-refractivity contribution < 1.29 is 9.53 Å². The van der Waals surface area contributed by atoms with Crippen LogP contribution in [0.1, 0.15) is 34.5 Å². The van der Waals surface area contributed by atoms with E-state index in [4.69, 9.17) is 20.7 Å². The van der Waals surface area contributed by atoms with Gasteiger partial charge in [-0.3, -0.25) is 9.69 Å². The number of hydrogen-bond acceptors (Lipinski definition) is 8. The Morgan fingerprint density at radius 3 is 2.85 bits per heavy atom. The first-order valence-corrected chi connectivity index (χ1v) is 13.2. The van der Waals surface area contributed by atoms with Crippen LogP contribution in [0.3, 0.4) is 0 Å². The van der Waals surface area contributed by atoms with Gasteiger partial charge in [0.05, 0.1) is 30.7 Å². The number of aliphatic imine (C=N–C) groups is 1. The van der Waals surface area contributed by atoms with Crippen LogP contribution in [0.4, 0.5) is 5.82 Å². The molecule has 2 atom stereocenters. The molecule has 2 aliphatic rings. The maximum atomic E-state index is 13.5. The molecule has 2 aliphatic heterocycles. The molecule has 2 fully saturated rings. The number of amides is 1. The largest absolute Gasteiger partial charge is 0.379 e. The summed E-state index contributed by atoms with van der Waals surface area (Å²) in [5.74, 6) is 0.814. The molecule has 0 spiro atoms. The molecule has 2 saturated heterocycles. The standard InChI is InChI=1S/C27H34N10O2/c1-18-15-31-24-22(18)25(34-17-33-24)37-10-9-36(27(29)32-16-28)19(2)23(37)20-5-3-4-6-21(20)26(38)30-7-8-35-11-13-39-14-12-35/h3-6,15,17,19,23H,7-14H2,1-2H3,(H2,29,32)(H,30,38)(H,31,33,34)/t19?,23-/m1/s1. The zero-order valence-electron chi connectivity index (χ0n) is 22.3. The van der Waals surface area contributed by atoms with Gasteiger partial charge >= 0.3 is 0 Å². The summed E-state index contributed by atoms with van der Waals surface area (Å²) < 4.78 is 5.42. The lowest BCUT2D eigenvalue weighted by Gasteiger charge is -2.47. The number of aryl methyl sites for hydroxylation is 1. The van der Waals surface area contributed by atoms with E-state index < -0.39 is 0 Å². The van der Waals surface area contributed by atoms with Gasteiger partial charge in [0.15, 0.2) is 0 Å². The number of rotatable bonds is 6. The maximum Gasteiger partial charge on any atom is 0.251 e. The van der Waals surface area contributed by atoms with Gasteiger partial charge in [0.1, 0.15) is 17.8 Å². The quantitative estimate of drug-likeness (QED) is 0.244. The van der Waals surface area contributed by atoms with Crippen LogP contribution in [-0.4, -0.2) is 95.1 Å². The number of fused-ring (bicyclic) bond motifs is 1. The SMILES string of the molecule is Cc1c[nH]c2ncnc(N3CCN(C(N)=NC#N)C(C)[C@@H]3c3ccccc3C(=O)NCCN3CCOCC3)c12. The number of H-pyrrole nitrogens is 1. The van der Waals surface area contributed by atoms with Crippen LogP contribution in [0.5, 0.6) is 0 Å². The molecule has 12 heteroatoms. The van der Waals surface area contributed by atoms with Crippen LogP contribution in [0.2, 0.25) is 0 Å². The number of nitrogens with two attached hydrogens (primary N) is 1. The van der Waals surface area contributed by atoms with Gasteiger partial charge in [-0.25, -0.2) is 9.97 Å². The number of guanidine groups is 1. The number of piperazine rings is 1. The molecule has 12 nitrogen and oxygen atoms in total. The predicted octanol–water partition coefficient (Wildman–Crippen LogP) is 1.38. The predicted molar refractivity (Wildman–Crippen MR) is 148 cm³/mol. The maximum absolute atomic E-state index is 13.5. The van der Waals surface area contributed by atoms with E-state index in [1.54, 1.807) is 12.5 Å². The van der Waals surface area contributed by atoms with E-state index >= 15 is 0 Å². The first-order chi connectivity index (χ1) is 19.0. The van der Waals surface area contributed by atoms with Crippen molar-refractivity contribution in [2.24, 2.45) is 10.7 Å². The zero-order chi connectivity index (χ0) is 27.4. The average molecular weight is 531 g/mol. The Bertz CT molecular complexity index is 1390. The van der Waals surface area contributed by atoms with E-state index in [2.05, 4.69) is 30.1 Å². The normalized spacial score (nSPS) is 20.7. The van der Waals surface area contributed by atoms with E-state index in [9.17, 15) is 4.79 Å². The molecule has 204 valence electrons. The van der Waals surface area contributed by atoms with Crippen molar-refractivity contribution in [1.29, 1.82) is 5.26 Å².